The van der Waals surface area contributed by atoms with Gasteiger partial charge in [0.2, 0.25) is 0 Å². The number of nitrogens with zero attached hydrogens (tertiary/aromatic N) is 2. The number of hydrogen-bond donors (Lipinski definition) is 2. The van der Waals surface area contributed by atoms with Crippen LogP contribution in [0.4, 0.5) is 21.7 Å². The zero-order chi connectivity index (χ0) is 13.4. The average molecular weight is 258 g/mol. The van der Waals surface area contributed by atoms with Crippen molar-refractivity contribution >= 4 is 17.3 Å². The lowest BCUT2D eigenvalue weighted by atomic mass is 10.2. The summed E-state index contributed by atoms with van der Waals surface area (Å²) in [5.41, 5.74) is 7.43. The van der Waals surface area contributed by atoms with E-state index in [0.717, 1.165) is 24.2 Å². The molecule has 2 aromatic rings. The van der Waals surface area contributed by atoms with Gasteiger partial charge in [-0.2, -0.15) is 0 Å². The number of halogens is 1. The molecule has 1 heterocycles. The third-order valence-corrected chi connectivity index (χ3v) is 3.17. The van der Waals surface area contributed by atoms with Crippen LogP contribution in [0.5, 0.6) is 0 Å². The van der Waals surface area contributed by atoms with Gasteiger partial charge >= 0.3 is 0 Å². The van der Waals surface area contributed by atoms with E-state index >= 15 is 0 Å². The Kier molecular flexibility index (Phi) is 2.81. The largest absolute Gasteiger partial charge is 0.384 e. The number of hydrogen-bond acceptors (Lipinski definition) is 4. The summed E-state index contributed by atoms with van der Waals surface area (Å²) in [6.07, 6.45) is 2.23. The van der Waals surface area contributed by atoms with Gasteiger partial charge in [-0.1, -0.05) is 6.07 Å². The molecule has 0 saturated heterocycles. The van der Waals surface area contributed by atoms with Crippen molar-refractivity contribution in [3.8, 4) is 0 Å². The average Bonchev–Trinajstić information content (AvgIpc) is 3.17. The van der Waals surface area contributed by atoms with Crippen LogP contribution in [-0.2, 0) is 0 Å². The molecule has 98 valence electrons. The van der Waals surface area contributed by atoms with Gasteiger partial charge in [0.1, 0.15) is 23.3 Å². The first-order valence-electron chi connectivity index (χ1n) is 6.29. The highest BCUT2D eigenvalue weighted by Crippen LogP contribution is 2.38. The SMILES string of the molecule is Cc1ccc(F)cc1Nc1cc(N)nc(C2CC2)n1. The smallest absolute Gasteiger partial charge is 0.136 e. The highest BCUT2D eigenvalue weighted by Gasteiger charge is 2.27. The Bertz CT molecular complexity index is 623. The van der Waals surface area contributed by atoms with Crippen LogP contribution in [0.2, 0.25) is 0 Å². The number of aromatic nitrogens is 2. The maximum atomic E-state index is 13.2. The topological polar surface area (TPSA) is 63.8 Å². The minimum Gasteiger partial charge on any atom is -0.384 e. The Morgan fingerprint density at radius 3 is 2.79 bits per heavy atom. The third-order valence-electron chi connectivity index (χ3n) is 3.17. The molecule has 1 fully saturated rings. The number of nitrogens with two attached hydrogens (primary N) is 1. The molecule has 1 aromatic carbocycles. The van der Waals surface area contributed by atoms with Crippen LogP contribution >= 0.6 is 0 Å². The van der Waals surface area contributed by atoms with Gasteiger partial charge in [-0.3, -0.25) is 0 Å². The molecular weight excluding hydrogens is 243 g/mol. The molecule has 0 radical (unpaired) electrons. The summed E-state index contributed by atoms with van der Waals surface area (Å²) in [6, 6.07) is 6.27. The summed E-state index contributed by atoms with van der Waals surface area (Å²) < 4.78 is 13.2. The van der Waals surface area contributed by atoms with E-state index in [0.29, 0.717) is 23.2 Å². The predicted molar refractivity (Wildman–Crippen MR) is 72.8 cm³/mol. The summed E-state index contributed by atoms with van der Waals surface area (Å²) in [5, 5.41) is 3.11. The second-order valence-electron chi connectivity index (χ2n) is 4.89. The molecule has 5 heteroatoms. The maximum Gasteiger partial charge on any atom is 0.136 e. The Hall–Kier alpha value is -2.17. The van der Waals surface area contributed by atoms with E-state index < -0.39 is 0 Å². The van der Waals surface area contributed by atoms with Gasteiger partial charge in [0, 0.05) is 17.7 Å². The predicted octanol–water partition coefficient (Wildman–Crippen LogP) is 3.13. The lowest BCUT2D eigenvalue weighted by molar-refractivity contribution is 0.628. The normalized spacial score (nSPS) is 14.4. The first kappa shape index (κ1) is 11.9. The lowest BCUT2D eigenvalue weighted by Crippen LogP contribution is -2.03. The van der Waals surface area contributed by atoms with Crippen molar-refractivity contribution in [1.29, 1.82) is 0 Å². The lowest BCUT2D eigenvalue weighted by Gasteiger charge is -2.10. The van der Waals surface area contributed by atoms with Crippen LogP contribution in [0, 0.1) is 12.7 Å². The molecule has 4 nitrogen and oxygen atoms in total. The first-order chi connectivity index (χ1) is 9.11. The van der Waals surface area contributed by atoms with Gasteiger partial charge in [-0.25, -0.2) is 14.4 Å². The molecule has 1 aliphatic rings. The molecule has 0 unspecified atom stereocenters. The minimum absolute atomic E-state index is 0.280. The van der Waals surface area contributed by atoms with Crippen molar-refractivity contribution in [2.45, 2.75) is 25.7 Å². The fourth-order valence-electron chi connectivity index (χ4n) is 1.94. The summed E-state index contributed by atoms with van der Waals surface area (Å²) in [7, 11) is 0. The summed E-state index contributed by atoms with van der Waals surface area (Å²) >= 11 is 0. The Morgan fingerprint density at radius 2 is 2.05 bits per heavy atom. The van der Waals surface area contributed by atoms with E-state index in [1.54, 1.807) is 12.1 Å². The zero-order valence-electron chi connectivity index (χ0n) is 10.7. The van der Waals surface area contributed by atoms with Gasteiger partial charge < -0.3 is 11.1 Å². The Balaban J connectivity index is 1.92. The second kappa shape index (κ2) is 4.50. The molecular formula is C14H15FN4. The molecule has 19 heavy (non-hydrogen) atoms. The highest BCUT2D eigenvalue weighted by atomic mass is 19.1. The number of nitrogens with one attached hydrogen (secondary N) is 1. The second-order valence-corrected chi connectivity index (χ2v) is 4.89. The van der Waals surface area contributed by atoms with Gasteiger partial charge in [0.15, 0.2) is 0 Å². The molecule has 1 aromatic heterocycles. The van der Waals surface area contributed by atoms with Gasteiger partial charge in [-0.15, -0.1) is 0 Å². The van der Waals surface area contributed by atoms with Crippen LogP contribution < -0.4 is 11.1 Å². The summed E-state index contributed by atoms with van der Waals surface area (Å²) in [6.45, 7) is 1.91. The van der Waals surface area contributed by atoms with E-state index in [2.05, 4.69) is 15.3 Å². The third kappa shape index (κ3) is 2.65. The molecule has 0 spiro atoms. The molecule has 1 aliphatic carbocycles. The van der Waals surface area contributed by atoms with Crippen LogP contribution in [-0.4, -0.2) is 9.97 Å². The fourth-order valence-corrected chi connectivity index (χ4v) is 1.94. The van der Waals surface area contributed by atoms with E-state index in [4.69, 9.17) is 5.73 Å². The Labute approximate surface area is 110 Å². The number of aryl methyl sites for hydroxylation is 1. The van der Waals surface area contributed by atoms with Crippen LogP contribution in [0.1, 0.15) is 30.1 Å². The number of anilines is 3. The zero-order valence-corrected chi connectivity index (χ0v) is 10.7. The van der Waals surface area contributed by atoms with Crippen molar-refractivity contribution in [3.05, 3.63) is 41.5 Å². The van der Waals surface area contributed by atoms with Crippen LogP contribution in [0.25, 0.3) is 0 Å². The van der Waals surface area contributed by atoms with E-state index in [1.165, 1.54) is 12.1 Å². The van der Waals surface area contributed by atoms with Crippen molar-refractivity contribution in [2.75, 3.05) is 11.1 Å². The van der Waals surface area contributed by atoms with Crippen LogP contribution in [0.15, 0.2) is 24.3 Å². The summed E-state index contributed by atoms with van der Waals surface area (Å²) in [5.74, 6) is 1.98. The van der Waals surface area contributed by atoms with Gasteiger partial charge in [0.05, 0.1) is 0 Å². The van der Waals surface area contributed by atoms with Crippen molar-refractivity contribution in [3.63, 3.8) is 0 Å². The number of rotatable bonds is 3. The molecule has 3 N–H and O–H groups in total. The van der Waals surface area contributed by atoms with Gasteiger partial charge in [0.25, 0.3) is 0 Å². The minimum atomic E-state index is -0.280. The van der Waals surface area contributed by atoms with E-state index in [1.807, 2.05) is 6.92 Å². The summed E-state index contributed by atoms with van der Waals surface area (Å²) in [4.78, 5) is 8.67. The fraction of sp³-hybridized carbons (Fsp3) is 0.286. The maximum absolute atomic E-state index is 13.2. The molecule has 3 rings (SSSR count). The molecule has 0 amide bonds. The van der Waals surface area contributed by atoms with Crippen molar-refractivity contribution in [1.82, 2.24) is 9.97 Å². The van der Waals surface area contributed by atoms with E-state index in [-0.39, 0.29) is 5.82 Å². The number of nitrogen functional groups attached to an aromatic ring is 1. The van der Waals surface area contributed by atoms with E-state index in [9.17, 15) is 4.39 Å². The highest BCUT2D eigenvalue weighted by molar-refractivity contribution is 5.62. The first-order valence-corrected chi connectivity index (χ1v) is 6.29. The van der Waals surface area contributed by atoms with Crippen molar-refractivity contribution < 1.29 is 4.39 Å². The number of benzene rings is 1. The molecule has 1 saturated carbocycles. The standard InChI is InChI=1S/C14H15FN4/c1-8-2-5-10(15)6-11(8)17-13-7-12(16)18-14(19-13)9-3-4-9/h2,5-7,9H,3-4H2,1H3,(H3,16,17,18,19). The Morgan fingerprint density at radius 1 is 1.26 bits per heavy atom. The quantitative estimate of drug-likeness (QED) is 0.887. The molecule has 0 aliphatic heterocycles. The molecule has 0 bridgehead atoms. The van der Waals surface area contributed by atoms with Crippen molar-refractivity contribution in [2.24, 2.45) is 0 Å². The van der Waals surface area contributed by atoms with Gasteiger partial charge in [-0.05, 0) is 37.5 Å². The monoisotopic (exact) mass is 258 g/mol. The molecule has 0 atom stereocenters. The van der Waals surface area contributed by atoms with Crippen LogP contribution in [0.3, 0.4) is 0 Å².